The molecule has 0 heterocycles. The molecule has 0 aromatic carbocycles. The van der Waals surface area contributed by atoms with Crippen LogP contribution in [0.1, 0.15) is 6.42 Å². The van der Waals surface area contributed by atoms with E-state index >= 15 is 0 Å². The van der Waals surface area contributed by atoms with Crippen LogP contribution in [0.3, 0.4) is 0 Å². The van der Waals surface area contributed by atoms with Crippen molar-refractivity contribution in [3.8, 4) is 0 Å². The number of alkyl halides is 1. The van der Waals surface area contributed by atoms with Crippen molar-refractivity contribution in [2.45, 2.75) is 18.6 Å². The SMILES string of the molecule is NC(=O)[C@H](CC(N)C(=O)O)OCC[18F]. The number of rotatable bonds is 7. The molecule has 0 bridgehead atoms. The number of carboxylic acid groups (broad SMARTS) is 1. The van der Waals surface area contributed by atoms with Crippen LogP contribution in [0.25, 0.3) is 0 Å². The van der Waals surface area contributed by atoms with Crippen molar-refractivity contribution in [2.75, 3.05) is 13.3 Å². The number of amides is 1. The Morgan fingerprint density at radius 1 is 1.50 bits per heavy atom. The Balaban J connectivity index is 4.08. The second-order valence-electron chi connectivity index (χ2n) is 2.63. The Hall–Kier alpha value is -1.21. The molecule has 82 valence electrons. The molecule has 7 heteroatoms. The number of carbonyl (C=O) groups is 2. The zero-order valence-electron chi connectivity index (χ0n) is 7.48. The van der Waals surface area contributed by atoms with Gasteiger partial charge in [0.05, 0.1) is 6.61 Å². The summed E-state index contributed by atoms with van der Waals surface area (Å²) in [5.74, 6) is -2.12. The summed E-state index contributed by atoms with van der Waals surface area (Å²) in [6.07, 6.45) is -1.41. The zero-order chi connectivity index (χ0) is 11.1. The summed E-state index contributed by atoms with van der Waals surface area (Å²) in [5.41, 5.74) is 10.0. The van der Waals surface area contributed by atoms with Gasteiger partial charge in [0, 0.05) is 6.42 Å². The predicted molar refractivity (Wildman–Crippen MR) is 45.1 cm³/mol. The maximum atomic E-state index is 11.7. The van der Waals surface area contributed by atoms with Crippen LogP contribution in [-0.4, -0.2) is 42.4 Å². The highest BCUT2D eigenvalue weighted by Crippen LogP contribution is 2.01. The third-order valence-corrected chi connectivity index (χ3v) is 1.50. The van der Waals surface area contributed by atoms with Gasteiger partial charge in [0.2, 0.25) is 5.91 Å². The third kappa shape index (κ3) is 4.73. The van der Waals surface area contributed by atoms with Crippen molar-refractivity contribution in [1.82, 2.24) is 0 Å². The van der Waals surface area contributed by atoms with Gasteiger partial charge in [-0.1, -0.05) is 0 Å². The first-order valence-corrected chi connectivity index (χ1v) is 3.94. The topological polar surface area (TPSA) is 116 Å². The van der Waals surface area contributed by atoms with Crippen LogP contribution < -0.4 is 11.5 Å². The molecule has 1 unspecified atom stereocenters. The van der Waals surface area contributed by atoms with Gasteiger partial charge >= 0.3 is 5.97 Å². The molecule has 0 aromatic heterocycles. The average Bonchev–Trinajstić information content (AvgIpc) is 2.10. The number of halogens is 1. The van der Waals surface area contributed by atoms with Gasteiger partial charge in [-0.3, -0.25) is 9.59 Å². The van der Waals surface area contributed by atoms with Crippen LogP contribution >= 0.6 is 0 Å². The molecule has 0 radical (unpaired) electrons. The molecule has 6 nitrogen and oxygen atoms in total. The number of carboxylic acids is 1. The van der Waals surface area contributed by atoms with Gasteiger partial charge in [-0.25, -0.2) is 4.39 Å². The molecule has 14 heavy (non-hydrogen) atoms. The zero-order valence-corrected chi connectivity index (χ0v) is 7.48. The molecule has 0 aliphatic carbocycles. The summed E-state index contributed by atoms with van der Waals surface area (Å²) in [5, 5.41) is 8.43. The molecule has 2 atom stereocenters. The molecule has 0 saturated heterocycles. The minimum atomic E-state index is -1.26. The number of nitrogens with two attached hydrogens (primary N) is 2. The van der Waals surface area contributed by atoms with Gasteiger partial charge in [-0.15, -0.1) is 0 Å². The van der Waals surface area contributed by atoms with E-state index in [9.17, 15) is 14.0 Å². The maximum absolute atomic E-state index is 11.7. The maximum Gasteiger partial charge on any atom is 0.320 e. The van der Waals surface area contributed by atoms with E-state index in [-0.39, 0.29) is 13.0 Å². The largest absolute Gasteiger partial charge is 0.480 e. The summed E-state index contributed by atoms with van der Waals surface area (Å²) >= 11 is 0. The molecule has 0 saturated carbocycles. The second kappa shape index (κ2) is 6.28. The highest BCUT2D eigenvalue weighted by Gasteiger charge is 2.23. The first-order chi connectivity index (χ1) is 6.49. The lowest BCUT2D eigenvalue weighted by molar-refractivity contribution is -0.140. The highest BCUT2D eigenvalue weighted by atomic mass is 18.2. The fourth-order valence-electron chi connectivity index (χ4n) is 0.785. The van der Waals surface area contributed by atoms with E-state index < -0.39 is 30.7 Å². The average molecular weight is 207 g/mol. The molecular formula is C7H13FN2O4. The van der Waals surface area contributed by atoms with Crippen molar-refractivity contribution < 1.29 is 23.8 Å². The van der Waals surface area contributed by atoms with Crippen molar-refractivity contribution >= 4 is 11.9 Å². The van der Waals surface area contributed by atoms with Crippen molar-refractivity contribution in [2.24, 2.45) is 11.5 Å². The predicted octanol–water partition coefficient (Wildman–Crippen LogP) is -1.37. The van der Waals surface area contributed by atoms with Crippen LogP contribution in [0.15, 0.2) is 0 Å². The van der Waals surface area contributed by atoms with E-state index in [0.717, 1.165) is 0 Å². The molecular weight excluding hydrogens is 194 g/mol. The molecule has 0 spiro atoms. The van der Waals surface area contributed by atoms with Gasteiger partial charge < -0.3 is 21.3 Å². The number of primary amides is 1. The van der Waals surface area contributed by atoms with Gasteiger partial charge in [-0.05, 0) is 0 Å². The smallest absolute Gasteiger partial charge is 0.320 e. The van der Waals surface area contributed by atoms with E-state index in [1.165, 1.54) is 0 Å². The summed E-state index contributed by atoms with van der Waals surface area (Å²) < 4.78 is 16.4. The third-order valence-electron chi connectivity index (χ3n) is 1.50. The Kier molecular flexibility index (Phi) is 5.73. The van der Waals surface area contributed by atoms with Crippen LogP contribution in [-0.2, 0) is 14.3 Å². The Morgan fingerprint density at radius 3 is 2.43 bits per heavy atom. The summed E-state index contributed by atoms with van der Waals surface area (Å²) in [6, 6.07) is -1.24. The van der Waals surface area contributed by atoms with Gasteiger partial charge in [-0.2, -0.15) is 0 Å². The van der Waals surface area contributed by atoms with Crippen LogP contribution in [0.4, 0.5) is 4.39 Å². The van der Waals surface area contributed by atoms with E-state index in [2.05, 4.69) is 4.74 Å². The van der Waals surface area contributed by atoms with Gasteiger partial charge in [0.15, 0.2) is 0 Å². The van der Waals surface area contributed by atoms with Gasteiger partial charge in [0.25, 0.3) is 0 Å². The van der Waals surface area contributed by atoms with Gasteiger partial charge in [0.1, 0.15) is 18.8 Å². The van der Waals surface area contributed by atoms with E-state index in [0.29, 0.717) is 0 Å². The normalized spacial score (nSPS) is 14.7. The number of hydrogen-bond acceptors (Lipinski definition) is 4. The molecule has 0 aliphatic rings. The fourth-order valence-corrected chi connectivity index (χ4v) is 0.785. The fraction of sp³-hybridized carbons (Fsp3) is 0.714. The van der Waals surface area contributed by atoms with Crippen LogP contribution in [0, 0.1) is 0 Å². The van der Waals surface area contributed by atoms with Crippen molar-refractivity contribution in [3.05, 3.63) is 0 Å². The first-order valence-electron chi connectivity index (χ1n) is 3.94. The number of carbonyl (C=O) groups excluding carboxylic acids is 1. The molecule has 0 fully saturated rings. The monoisotopic (exact) mass is 207 g/mol. The summed E-state index contributed by atoms with van der Waals surface area (Å²) in [4.78, 5) is 21.0. The molecule has 0 rings (SSSR count). The lowest BCUT2D eigenvalue weighted by Gasteiger charge is -2.15. The Labute approximate surface area is 80.0 Å². The minimum Gasteiger partial charge on any atom is -0.480 e. The Morgan fingerprint density at radius 2 is 2.07 bits per heavy atom. The standard InChI is InChI=1S/C7H13FN2O4/c8-1-2-14-5(6(10)11)3-4(9)7(12)13/h4-5H,1-3,9H2,(H2,10,11)(H,12,13)/t4?,5-/m0/s1/i8-1. The number of ether oxygens (including phenoxy) is 1. The lowest BCUT2D eigenvalue weighted by Crippen LogP contribution is -2.41. The molecule has 0 aromatic rings. The summed E-state index contributed by atoms with van der Waals surface area (Å²) in [7, 11) is 0. The second-order valence-corrected chi connectivity index (χ2v) is 2.63. The first kappa shape index (κ1) is 12.8. The quantitative estimate of drug-likeness (QED) is 0.476. The van der Waals surface area contributed by atoms with Crippen LogP contribution in [0.5, 0.6) is 0 Å². The highest BCUT2D eigenvalue weighted by molar-refractivity contribution is 5.80. The number of aliphatic carboxylic acids is 1. The van der Waals surface area contributed by atoms with E-state index in [4.69, 9.17) is 16.6 Å². The molecule has 0 aliphatic heterocycles. The van der Waals surface area contributed by atoms with Crippen LogP contribution in [0.2, 0.25) is 0 Å². The molecule has 5 N–H and O–H groups in total. The Bertz CT molecular complexity index is 212. The molecule has 1 amide bonds. The summed E-state index contributed by atoms with van der Waals surface area (Å²) in [6.45, 7) is -1.08. The van der Waals surface area contributed by atoms with E-state index in [1.54, 1.807) is 0 Å². The minimum absolute atomic E-state index is 0.259. The van der Waals surface area contributed by atoms with Crippen molar-refractivity contribution in [3.63, 3.8) is 0 Å². The van der Waals surface area contributed by atoms with E-state index in [1.807, 2.05) is 0 Å². The number of hydrogen-bond donors (Lipinski definition) is 3. The van der Waals surface area contributed by atoms with Crippen molar-refractivity contribution in [1.29, 1.82) is 0 Å². The lowest BCUT2D eigenvalue weighted by atomic mass is 10.1.